The molecule has 84 valence electrons. The molecule has 7 heteroatoms. The fourth-order valence-electron chi connectivity index (χ4n) is 0.542. The molecule has 4 nitrogen and oxygen atoms in total. The second kappa shape index (κ2) is 4.61. The smallest absolute Gasteiger partial charge is 0.475 e. The van der Waals surface area contributed by atoms with E-state index in [0.29, 0.717) is 0 Å². The molecule has 0 saturated carbocycles. The topological polar surface area (TPSA) is 66.8 Å². The molecule has 1 heterocycles. The van der Waals surface area contributed by atoms with Gasteiger partial charge in [0, 0.05) is 5.41 Å². The highest BCUT2D eigenvalue weighted by atomic mass is 19.4. The van der Waals surface area contributed by atoms with Gasteiger partial charge in [0.15, 0.2) is 0 Å². The molecular weight excluding hydrogens is 205 g/mol. The van der Waals surface area contributed by atoms with Gasteiger partial charge in [-0.3, -0.25) is 0 Å². The lowest BCUT2D eigenvalue weighted by Gasteiger charge is -2.35. The van der Waals surface area contributed by atoms with Crippen LogP contribution in [-0.2, 0) is 9.53 Å². The van der Waals surface area contributed by atoms with E-state index in [2.05, 4.69) is 0 Å². The van der Waals surface area contributed by atoms with Gasteiger partial charge < -0.3 is 14.9 Å². The minimum atomic E-state index is -5.08. The molecule has 0 unspecified atom stereocenters. The number of alkyl halides is 3. The van der Waals surface area contributed by atoms with Crippen molar-refractivity contribution < 1.29 is 32.9 Å². The van der Waals surface area contributed by atoms with Gasteiger partial charge in [-0.1, -0.05) is 6.92 Å². The lowest BCUT2D eigenvalue weighted by molar-refractivity contribution is -0.192. The molecule has 2 N–H and O–H groups in total. The lowest BCUT2D eigenvalue weighted by Crippen LogP contribution is -2.42. The van der Waals surface area contributed by atoms with Crippen molar-refractivity contribution in [2.45, 2.75) is 13.1 Å². The molecule has 0 aromatic heterocycles. The summed E-state index contributed by atoms with van der Waals surface area (Å²) in [7, 11) is 0. The standard InChI is InChI=1S/C5H10O2.C2HF3O2/c1-5(2-6)3-7-4-5;3-2(4,5)1(6)7/h6H,2-4H2,1H3;(H,6,7). The van der Waals surface area contributed by atoms with Crippen LogP contribution in [0.3, 0.4) is 0 Å². The van der Waals surface area contributed by atoms with E-state index in [4.69, 9.17) is 19.7 Å². The van der Waals surface area contributed by atoms with Crippen LogP contribution in [0.5, 0.6) is 0 Å². The van der Waals surface area contributed by atoms with Gasteiger partial charge in [-0.25, -0.2) is 4.79 Å². The van der Waals surface area contributed by atoms with Crippen LogP contribution in [0.1, 0.15) is 6.92 Å². The SMILES string of the molecule is CC1(CO)COC1.O=C(O)C(F)(F)F. The average Bonchev–Trinajstić information content (AvgIpc) is 1.99. The summed E-state index contributed by atoms with van der Waals surface area (Å²) in [6.45, 7) is 3.72. The third-order valence-electron chi connectivity index (χ3n) is 1.53. The number of carboxylic acids is 1. The molecular formula is C7H11F3O4. The number of carbonyl (C=O) groups is 1. The first-order valence-corrected chi connectivity index (χ1v) is 3.70. The molecule has 1 aliphatic heterocycles. The van der Waals surface area contributed by atoms with E-state index in [1.807, 2.05) is 6.92 Å². The van der Waals surface area contributed by atoms with Crippen LogP contribution < -0.4 is 0 Å². The largest absolute Gasteiger partial charge is 0.490 e. The first kappa shape index (κ1) is 13.2. The summed E-state index contributed by atoms with van der Waals surface area (Å²) in [6, 6.07) is 0. The summed E-state index contributed by atoms with van der Waals surface area (Å²) >= 11 is 0. The normalized spacial score (nSPS) is 18.9. The van der Waals surface area contributed by atoms with Crippen molar-refractivity contribution >= 4 is 5.97 Å². The van der Waals surface area contributed by atoms with Gasteiger partial charge in [-0.2, -0.15) is 13.2 Å². The Kier molecular flexibility index (Phi) is 4.34. The Morgan fingerprint density at radius 1 is 1.50 bits per heavy atom. The maximum absolute atomic E-state index is 10.6. The zero-order chi connectivity index (χ0) is 11.4. The summed E-state index contributed by atoms with van der Waals surface area (Å²) in [6.07, 6.45) is -5.08. The Bertz CT molecular complexity index is 192. The van der Waals surface area contributed by atoms with Crippen molar-refractivity contribution in [1.82, 2.24) is 0 Å². The Morgan fingerprint density at radius 2 is 1.86 bits per heavy atom. The molecule has 14 heavy (non-hydrogen) atoms. The predicted octanol–water partition coefficient (Wildman–Crippen LogP) is 0.648. The third kappa shape index (κ3) is 4.43. The summed E-state index contributed by atoms with van der Waals surface area (Å²) < 4.78 is 36.6. The molecule has 1 aliphatic rings. The lowest BCUT2D eigenvalue weighted by atomic mass is 9.90. The maximum atomic E-state index is 10.6. The van der Waals surface area contributed by atoms with Crippen molar-refractivity contribution in [2.24, 2.45) is 5.41 Å². The maximum Gasteiger partial charge on any atom is 0.490 e. The predicted molar refractivity (Wildman–Crippen MR) is 39.7 cm³/mol. The fourth-order valence-corrected chi connectivity index (χ4v) is 0.542. The van der Waals surface area contributed by atoms with Crippen LogP contribution in [0.15, 0.2) is 0 Å². The van der Waals surface area contributed by atoms with E-state index >= 15 is 0 Å². The van der Waals surface area contributed by atoms with Gasteiger partial charge in [0.2, 0.25) is 0 Å². The number of halogens is 3. The third-order valence-corrected chi connectivity index (χ3v) is 1.53. The van der Waals surface area contributed by atoms with Gasteiger partial charge in [-0.15, -0.1) is 0 Å². The Morgan fingerprint density at radius 3 is 1.86 bits per heavy atom. The molecule has 0 aliphatic carbocycles. The molecule has 1 rings (SSSR count). The van der Waals surface area contributed by atoms with Gasteiger partial charge in [0.25, 0.3) is 0 Å². The number of aliphatic hydroxyl groups is 1. The summed E-state index contributed by atoms with van der Waals surface area (Å²) in [5.74, 6) is -2.76. The van der Waals surface area contributed by atoms with E-state index in [0.717, 1.165) is 13.2 Å². The van der Waals surface area contributed by atoms with Crippen LogP contribution in [0.4, 0.5) is 13.2 Å². The van der Waals surface area contributed by atoms with Crippen molar-refractivity contribution in [2.75, 3.05) is 19.8 Å². The number of ether oxygens (including phenoxy) is 1. The molecule has 0 atom stereocenters. The molecule has 0 aromatic rings. The van der Waals surface area contributed by atoms with Crippen molar-refractivity contribution in [3.05, 3.63) is 0 Å². The van der Waals surface area contributed by atoms with Crippen LogP contribution in [0, 0.1) is 5.41 Å². The quantitative estimate of drug-likeness (QED) is 0.675. The van der Waals surface area contributed by atoms with E-state index in [9.17, 15) is 13.2 Å². The number of rotatable bonds is 1. The van der Waals surface area contributed by atoms with Gasteiger partial charge in [0.05, 0.1) is 19.8 Å². The number of aliphatic carboxylic acids is 1. The monoisotopic (exact) mass is 216 g/mol. The molecule has 0 aromatic carbocycles. The second-order valence-electron chi connectivity index (χ2n) is 3.26. The van der Waals surface area contributed by atoms with Crippen molar-refractivity contribution in [3.63, 3.8) is 0 Å². The molecule has 0 radical (unpaired) electrons. The number of hydrogen-bond donors (Lipinski definition) is 2. The zero-order valence-electron chi connectivity index (χ0n) is 7.47. The minimum absolute atomic E-state index is 0.0972. The van der Waals surface area contributed by atoms with Crippen LogP contribution in [-0.4, -0.2) is 42.2 Å². The molecule has 1 saturated heterocycles. The van der Waals surface area contributed by atoms with E-state index in [-0.39, 0.29) is 12.0 Å². The van der Waals surface area contributed by atoms with E-state index in [1.165, 1.54) is 0 Å². The number of aliphatic hydroxyl groups excluding tert-OH is 1. The molecule has 0 bridgehead atoms. The Balaban J connectivity index is 0.000000241. The molecule has 0 amide bonds. The van der Waals surface area contributed by atoms with E-state index in [1.54, 1.807) is 0 Å². The average molecular weight is 216 g/mol. The first-order chi connectivity index (χ1) is 6.21. The molecule has 0 spiro atoms. The fraction of sp³-hybridized carbons (Fsp3) is 0.857. The molecule has 1 fully saturated rings. The van der Waals surface area contributed by atoms with E-state index < -0.39 is 12.1 Å². The highest BCUT2D eigenvalue weighted by Gasteiger charge is 2.38. The zero-order valence-corrected chi connectivity index (χ0v) is 7.47. The van der Waals surface area contributed by atoms with Crippen LogP contribution >= 0.6 is 0 Å². The van der Waals surface area contributed by atoms with Crippen LogP contribution in [0.25, 0.3) is 0 Å². The minimum Gasteiger partial charge on any atom is -0.475 e. The van der Waals surface area contributed by atoms with Gasteiger partial charge >= 0.3 is 12.1 Å². The summed E-state index contributed by atoms with van der Waals surface area (Å²) in [5, 5.41) is 15.7. The first-order valence-electron chi connectivity index (χ1n) is 3.70. The van der Waals surface area contributed by atoms with Crippen molar-refractivity contribution in [3.8, 4) is 0 Å². The Hall–Kier alpha value is -0.820. The second-order valence-corrected chi connectivity index (χ2v) is 3.26. The number of hydrogen-bond acceptors (Lipinski definition) is 3. The highest BCUT2D eigenvalue weighted by Crippen LogP contribution is 2.24. The summed E-state index contributed by atoms with van der Waals surface area (Å²) in [5.41, 5.74) is 0.0972. The van der Waals surface area contributed by atoms with Gasteiger partial charge in [-0.05, 0) is 0 Å². The Labute approximate surface area is 78.3 Å². The number of carboxylic acid groups (broad SMARTS) is 1. The highest BCUT2D eigenvalue weighted by molar-refractivity contribution is 5.73. The van der Waals surface area contributed by atoms with Gasteiger partial charge in [0.1, 0.15) is 0 Å². The summed E-state index contributed by atoms with van der Waals surface area (Å²) in [4.78, 5) is 8.90. The van der Waals surface area contributed by atoms with Crippen molar-refractivity contribution in [1.29, 1.82) is 0 Å². The van der Waals surface area contributed by atoms with Crippen LogP contribution in [0.2, 0.25) is 0 Å².